The highest BCUT2D eigenvalue weighted by Crippen LogP contribution is 2.13. The summed E-state index contributed by atoms with van der Waals surface area (Å²) in [6, 6.07) is 1.01. The van der Waals surface area contributed by atoms with E-state index < -0.39 is 42.9 Å². The number of nitrogens with zero attached hydrogens (tertiary/aromatic N) is 1. The number of anilines is 1. The summed E-state index contributed by atoms with van der Waals surface area (Å²) in [4.78, 5) is 24.6. The normalized spacial score (nSPS) is 16.0. The van der Waals surface area contributed by atoms with Crippen molar-refractivity contribution in [2.45, 2.75) is 25.4 Å². The molecule has 0 bridgehead atoms. The Morgan fingerprint density at radius 3 is 2.53 bits per heavy atom. The molecule has 19 heavy (non-hydrogen) atoms. The number of aliphatic hydroxyl groups excluding tert-OH is 3. The van der Waals surface area contributed by atoms with E-state index in [2.05, 4.69) is 0 Å². The van der Waals surface area contributed by atoms with E-state index in [0.717, 1.165) is 10.6 Å². The predicted molar refractivity (Wildman–Crippen MR) is 65.5 cm³/mol. The Balaban J connectivity index is 2.98. The van der Waals surface area contributed by atoms with Crippen LogP contribution < -0.4 is 17.0 Å². The molecule has 0 radical (unpaired) electrons. The maximum Gasteiger partial charge on any atom is 0.332 e. The van der Waals surface area contributed by atoms with Crippen LogP contribution in [0.3, 0.4) is 0 Å². The summed E-state index contributed by atoms with van der Waals surface area (Å²) >= 11 is 0. The molecule has 3 atom stereocenters. The van der Waals surface area contributed by atoms with E-state index in [0.29, 0.717) is 0 Å². The SMILES string of the molecule is CC(O[C@H](CO)C(O)CO)n1c(N)cc(=O)[nH]c1=O. The van der Waals surface area contributed by atoms with Gasteiger partial charge in [-0.2, -0.15) is 0 Å². The fourth-order valence-electron chi connectivity index (χ4n) is 1.58. The van der Waals surface area contributed by atoms with Gasteiger partial charge in [0, 0.05) is 6.07 Å². The Morgan fingerprint density at radius 1 is 1.42 bits per heavy atom. The van der Waals surface area contributed by atoms with E-state index in [4.69, 9.17) is 20.7 Å². The van der Waals surface area contributed by atoms with Crippen molar-refractivity contribution in [1.82, 2.24) is 9.55 Å². The van der Waals surface area contributed by atoms with Crippen LogP contribution in [0, 0.1) is 0 Å². The van der Waals surface area contributed by atoms with Crippen molar-refractivity contribution < 1.29 is 20.1 Å². The summed E-state index contributed by atoms with van der Waals surface area (Å²) in [5, 5.41) is 27.2. The molecule has 1 aromatic heterocycles. The number of hydrogen-bond acceptors (Lipinski definition) is 7. The average Bonchev–Trinajstić information content (AvgIpc) is 2.33. The molecular weight excluding hydrogens is 258 g/mol. The quantitative estimate of drug-likeness (QED) is 0.381. The van der Waals surface area contributed by atoms with Crippen LogP contribution in [0.2, 0.25) is 0 Å². The van der Waals surface area contributed by atoms with Crippen LogP contribution in [-0.4, -0.2) is 50.3 Å². The van der Waals surface area contributed by atoms with Crippen molar-refractivity contribution in [3.05, 3.63) is 26.9 Å². The van der Waals surface area contributed by atoms with Crippen LogP contribution in [0.5, 0.6) is 0 Å². The molecule has 1 rings (SSSR count). The van der Waals surface area contributed by atoms with Gasteiger partial charge in [0.25, 0.3) is 5.56 Å². The van der Waals surface area contributed by atoms with E-state index in [-0.39, 0.29) is 5.82 Å². The van der Waals surface area contributed by atoms with Crippen LogP contribution in [0.1, 0.15) is 13.2 Å². The molecule has 9 nitrogen and oxygen atoms in total. The number of nitrogens with one attached hydrogen (secondary N) is 1. The molecular formula is C10H17N3O6. The van der Waals surface area contributed by atoms with Crippen LogP contribution in [0.4, 0.5) is 5.82 Å². The van der Waals surface area contributed by atoms with Crippen LogP contribution in [-0.2, 0) is 4.74 Å². The van der Waals surface area contributed by atoms with Crippen molar-refractivity contribution in [1.29, 1.82) is 0 Å². The molecule has 1 aromatic rings. The minimum atomic E-state index is -1.30. The topological polar surface area (TPSA) is 151 Å². The van der Waals surface area contributed by atoms with Crippen molar-refractivity contribution >= 4 is 5.82 Å². The molecule has 1 heterocycles. The molecule has 0 spiro atoms. The molecule has 0 saturated carbocycles. The first-order chi connectivity index (χ1) is 8.90. The fourth-order valence-corrected chi connectivity index (χ4v) is 1.58. The van der Waals surface area contributed by atoms with Gasteiger partial charge >= 0.3 is 5.69 Å². The number of H-pyrrole nitrogens is 1. The summed E-state index contributed by atoms with van der Waals surface area (Å²) in [6.45, 7) is 0.293. The lowest BCUT2D eigenvalue weighted by Gasteiger charge is -2.25. The van der Waals surface area contributed by atoms with Crippen LogP contribution in [0.15, 0.2) is 15.7 Å². The van der Waals surface area contributed by atoms with Gasteiger partial charge in [-0.1, -0.05) is 0 Å². The minimum absolute atomic E-state index is 0.114. The van der Waals surface area contributed by atoms with Gasteiger partial charge in [-0.25, -0.2) is 4.79 Å². The van der Waals surface area contributed by atoms with Gasteiger partial charge in [-0.15, -0.1) is 0 Å². The number of aromatic nitrogens is 2. The highest BCUT2D eigenvalue weighted by Gasteiger charge is 2.23. The van der Waals surface area contributed by atoms with Gasteiger partial charge in [0.1, 0.15) is 24.3 Å². The molecule has 0 fully saturated rings. The van der Waals surface area contributed by atoms with E-state index in [1.165, 1.54) is 6.92 Å². The van der Waals surface area contributed by atoms with E-state index >= 15 is 0 Å². The Hall–Kier alpha value is -1.68. The number of aliphatic hydroxyl groups is 3. The number of rotatable bonds is 6. The number of aromatic amines is 1. The van der Waals surface area contributed by atoms with Gasteiger partial charge in [-0.05, 0) is 6.92 Å². The molecule has 0 aromatic carbocycles. The molecule has 6 N–H and O–H groups in total. The van der Waals surface area contributed by atoms with Crippen molar-refractivity contribution in [3.8, 4) is 0 Å². The molecule has 108 valence electrons. The van der Waals surface area contributed by atoms with Gasteiger partial charge in [0.15, 0.2) is 0 Å². The van der Waals surface area contributed by atoms with E-state index in [1.54, 1.807) is 0 Å². The smallest absolute Gasteiger partial charge is 0.332 e. The summed E-state index contributed by atoms with van der Waals surface area (Å²) < 4.78 is 6.19. The first kappa shape index (κ1) is 15.4. The second kappa shape index (κ2) is 6.48. The zero-order chi connectivity index (χ0) is 14.6. The zero-order valence-corrected chi connectivity index (χ0v) is 10.3. The van der Waals surface area contributed by atoms with Gasteiger partial charge in [0.05, 0.1) is 13.2 Å². The molecule has 0 amide bonds. The first-order valence-electron chi connectivity index (χ1n) is 5.57. The Morgan fingerprint density at radius 2 is 2.05 bits per heavy atom. The van der Waals surface area contributed by atoms with Gasteiger partial charge in [0.2, 0.25) is 0 Å². The van der Waals surface area contributed by atoms with E-state index in [1.807, 2.05) is 4.98 Å². The Labute approximate surface area is 107 Å². The number of nitrogen functional groups attached to an aromatic ring is 1. The van der Waals surface area contributed by atoms with Crippen LogP contribution >= 0.6 is 0 Å². The van der Waals surface area contributed by atoms with Gasteiger partial charge in [-0.3, -0.25) is 14.3 Å². The maximum absolute atomic E-state index is 11.6. The Bertz CT molecular complexity index is 525. The molecule has 0 saturated heterocycles. The molecule has 0 aliphatic carbocycles. The van der Waals surface area contributed by atoms with Gasteiger partial charge < -0.3 is 25.8 Å². The van der Waals surface area contributed by atoms with Crippen LogP contribution in [0.25, 0.3) is 0 Å². The first-order valence-corrected chi connectivity index (χ1v) is 5.57. The van der Waals surface area contributed by atoms with Crippen molar-refractivity contribution in [2.75, 3.05) is 18.9 Å². The van der Waals surface area contributed by atoms with Crippen molar-refractivity contribution in [3.63, 3.8) is 0 Å². The summed E-state index contributed by atoms with van der Waals surface area (Å²) in [6.07, 6.45) is -3.33. The third kappa shape index (κ3) is 3.64. The molecule has 0 aliphatic rings. The lowest BCUT2D eigenvalue weighted by atomic mass is 10.2. The fraction of sp³-hybridized carbons (Fsp3) is 0.600. The van der Waals surface area contributed by atoms with Crippen molar-refractivity contribution in [2.24, 2.45) is 0 Å². The standard InChI is InChI=1S/C10H17N3O6/c1-5(19-7(4-15)6(16)3-14)13-8(11)2-9(17)12-10(13)18/h2,5-7,14-16H,3-4,11H2,1H3,(H,12,17,18)/t5?,6?,7-/m1/s1. The maximum atomic E-state index is 11.6. The summed E-state index contributed by atoms with van der Waals surface area (Å²) in [5.74, 6) is -0.114. The summed E-state index contributed by atoms with van der Waals surface area (Å²) in [7, 11) is 0. The monoisotopic (exact) mass is 275 g/mol. The zero-order valence-electron chi connectivity index (χ0n) is 10.3. The largest absolute Gasteiger partial charge is 0.394 e. The highest BCUT2D eigenvalue weighted by molar-refractivity contribution is 5.26. The molecule has 9 heteroatoms. The Kier molecular flexibility index (Phi) is 5.24. The number of nitrogens with two attached hydrogens (primary N) is 1. The lowest BCUT2D eigenvalue weighted by molar-refractivity contribution is -0.127. The second-order valence-electron chi connectivity index (χ2n) is 3.94. The lowest BCUT2D eigenvalue weighted by Crippen LogP contribution is -2.40. The molecule has 0 aliphatic heterocycles. The third-order valence-electron chi connectivity index (χ3n) is 2.54. The summed E-state index contributed by atoms with van der Waals surface area (Å²) in [5.41, 5.74) is 4.13. The number of hydrogen-bond donors (Lipinski definition) is 5. The number of ether oxygens (including phenoxy) is 1. The molecule has 2 unspecified atom stereocenters. The minimum Gasteiger partial charge on any atom is -0.394 e. The second-order valence-corrected chi connectivity index (χ2v) is 3.94. The van der Waals surface area contributed by atoms with E-state index in [9.17, 15) is 14.7 Å². The third-order valence-corrected chi connectivity index (χ3v) is 2.54. The average molecular weight is 275 g/mol. The highest BCUT2D eigenvalue weighted by atomic mass is 16.5. The predicted octanol–water partition coefficient (Wildman–Crippen LogP) is -2.63.